The van der Waals surface area contributed by atoms with E-state index >= 15 is 0 Å². The lowest BCUT2D eigenvalue weighted by Crippen LogP contribution is -2.39. The van der Waals surface area contributed by atoms with Crippen LogP contribution >= 0.6 is 0 Å². The predicted octanol–water partition coefficient (Wildman–Crippen LogP) is -0.0939. The lowest BCUT2D eigenvalue weighted by Gasteiger charge is -2.15. The molecule has 0 saturated carbocycles. The zero-order valence-corrected chi connectivity index (χ0v) is 7.71. The van der Waals surface area contributed by atoms with Gasteiger partial charge >= 0.3 is 0 Å². The molecule has 0 aromatic carbocycles. The van der Waals surface area contributed by atoms with E-state index in [1.54, 1.807) is 0 Å². The van der Waals surface area contributed by atoms with Gasteiger partial charge in [0, 0.05) is 19.1 Å². The second-order valence-corrected chi connectivity index (χ2v) is 3.56. The maximum atomic E-state index is 11.9. The van der Waals surface area contributed by atoms with E-state index in [0.29, 0.717) is 0 Å². The van der Waals surface area contributed by atoms with Crippen LogP contribution in [0.4, 0.5) is 8.78 Å². The summed E-state index contributed by atoms with van der Waals surface area (Å²) in [4.78, 5) is 2.13. The van der Waals surface area contributed by atoms with Crippen LogP contribution in [0.15, 0.2) is 0 Å². The molecule has 0 aromatic rings. The van der Waals surface area contributed by atoms with Gasteiger partial charge in [-0.25, -0.2) is 8.78 Å². The summed E-state index contributed by atoms with van der Waals surface area (Å²) in [5.74, 6) is 0. The van der Waals surface area contributed by atoms with Gasteiger partial charge in [-0.1, -0.05) is 0 Å². The van der Waals surface area contributed by atoms with Crippen molar-refractivity contribution in [3.8, 4) is 0 Å². The van der Waals surface area contributed by atoms with E-state index in [1.807, 2.05) is 7.05 Å². The summed E-state index contributed by atoms with van der Waals surface area (Å²) in [5.41, 5.74) is 0. The molecule has 13 heavy (non-hydrogen) atoms. The van der Waals surface area contributed by atoms with Crippen LogP contribution in [-0.2, 0) is 0 Å². The van der Waals surface area contributed by atoms with Crippen LogP contribution in [0.1, 0.15) is 6.42 Å². The predicted molar refractivity (Wildman–Crippen MR) is 45.9 cm³/mol. The Morgan fingerprint density at radius 3 is 2.77 bits per heavy atom. The highest BCUT2D eigenvalue weighted by atomic mass is 19.3. The molecule has 1 saturated heterocycles. The Kier molecular flexibility index (Phi) is 4.02. The van der Waals surface area contributed by atoms with E-state index in [9.17, 15) is 8.78 Å². The minimum absolute atomic E-state index is 0.0177. The molecule has 78 valence electrons. The van der Waals surface area contributed by atoms with Crippen molar-refractivity contribution >= 4 is 0 Å². The number of likely N-dealkylation sites (tertiary alicyclic amines) is 1. The molecule has 1 rings (SSSR count). The average molecular weight is 194 g/mol. The molecule has 0 aromatic heterocycles. The van der Waals surface area contributed by atoms with Gasteiger partial charge in [0.2, 0.25) is 0 Å². The third-order valence-corrected chi connectivity index (χ3v) is 2.30. The van der Waals surface area contributed by atoms with Gasteiger partial charge in [0.1, 0.15) is 6.10 Å². The SMILES string of the molecule is CN1CCC(NCC(O)C(F)F)C1. The van der Waals surface area contributed by atoms with Crippen molar-refractivity contribution < 1.29 is 13.9 Å². The molecule has 2 N–H and O–H groups in total. The van der Waals surface area contributed by atoms with Gasteiger partial charge in [0.05, 0.1) is 0 Å². The molecule has 1 heterocycles. The fourth-order valence-electron chi connectivity index (χ4n) is 1.48. The number of alkyl halides is 2. The summed E-state index contributed by atoms with van der Waals surface area (Å²) in [6.07, 6.45) is -3.22. The van der Waals surface area contributed by atoms with E-state index in [2.05, 4.69) is 10.2 Å². The van der Waals surface area contributed by atoms with Gasteiger partial charge in [-0.2, -0.15) is 0 Å². The fraction of sp³-hybridized carbons (Fsp3) is 1.00. The Bertz CT molecular complexity index is 157. The van der Waals surface area contributed by atoms with E-state index in [4.69, 9.17) is 5.11 Å². The highest BCUT2D eigenvalue weighted by molar-refractivity contribution is 4.79. The molecular formula is C8H16F2N2O. The van der Waals surface area contributed by atoms with Gasteiger partial charge in [0.25, 0.3) is 6.43 Å². The molecule has 0 spiro atoms. The summed E-state index contributed by atoms with van der Waals surface area (Å²) < 4.78 is 23.8. The maximum absolute atomic E-state index is 11.9. The molecule has 0 bridgehead atoms. The third kappa shape index (κ3) is 3.54. The van der Waals surface area contributed by atoms with E-state index in [0.717, 1.165) is 19.5 Å². The summed E-state index contributed by atoms with van der Waals surface area (Å²) in [7, 11) is 1.99. The first-order valence-corrected chi connectivity index (χ1v) is 4.47. The van der Waals surface area contributed by atoms with Crippen molar-refractivity contribution in [3.63, 3.8) is 0 Å². The first-order chi connectivity index (χ1) is 6.09. The molecule has 1 fully saturated rings. The van der Waals surface area contributed by atoms with E-state index < -0.39 is 12.5 Å². The normalized spacial score (nSPS) is 27.0. The number of hydrogen-bond donors (Lipinski definition) is 2. The number of nitrogens with zero attached hydrogens (tertiary/aromatic N) is 1. The van der Waals surface area contributed by atoms with Gasteiger partial charge in [-0.15, -0.1) is 0 Å². The number of halogens is 2. The lowest BCUT2D eigenvalue weighted by atomic mass is 10.2. The van der Waals surface area contributed by atoms with Crippen LogP contribution in [-0.4, -0.2) is 55.3 Å². The number of likely N-dealkylation sites (N-methyl/N-ethyl adjacent to an activating group) is 1. The Balaban J connectivity index is 2.12. The van der Waals surface area contributed by atoms with Crippen LogP contribution in [0.3, 0.4) is 0 Å². The summed E-state index contributed by atoms with van der Waals surface area (Å²) in [6.45, 7) is 1.84. The number of aliphatic hydroxyl groups is 1. The Morgan fingerprint density at radius 2 is 2.31 bits per heavy atom. The highest BCUT2D eigenvalue weighted by Gasteiger charge is 2.22. The van der Waals surface area contributed by atoms with Crippen LogP contribution in [0.5, 0.6) is 0 Å². The molecule has 0 amide bonds. The van der Waals surface area contributed by atoms with Crippen molar-refractivity contribution in [2.45, 2.75) is 25.0 Å². The van der Waals surface area contributed by atoms with Crippen molar-refractivity contribution in [3.05, 3.63) is 0 Å². The van der Waals surface area contributed by atoms with Crippen LogP contribution in [0.2, 0.25) is 0 Å². The Hall–Kier alpha value is -0.260. The van der Waals surface area contributed by atoms with Crippen molar-refractivity contribution in [1.29, 1.82) is 0 Å². The third-order valence-electron chi connectivity index (χ3n) is 2.30. The molecule has 1 aliphatic heterocycles. The standard InChI is InChI=1S/C8H16F2N2O/c1-12-3-2-6(5-12)11-4-7(13)8(9)10/h6-8,11,13H,2-5H2,1H3. The molecule has 0 aliphatic carbocycles. The fourth-order valence-corrected chi connectivity index (χ4v) is 1.48. The van der Waals surface area contributed by atoms with Gasteiger partial charge in [0.15, 0.2) is 0 Å². The Labute approximate surface area is 76.7 Å². The summed E-state index contributed by atoms with van der Waals surface area (Å²) in [5, 5.41) is 11.7. The summed E-state index contributed by atoms with van der Waals surface area (Å²) >= 11 is 0. The molecule has 3 nitrogen and oxygen atoms in total. The largest absolute Gasteiger partial charge is 0.386 e. The molecule has 0 radical (unpaired) electrons. The van der Waals surface area contributed by atoms with Gasteiger partial charge < -0.3 is 15.3 Å². The minimum Gasteiger partial charge on any atom is -0.386 e. The number of hydrogen-bond acceptors (Lipinski definition) is 3. The molecule has 1 aliphatic rings. The van der Waals surface area contributed by atoms with Crippen molar-refractivity contribution in [2.75, 3.05) is 26.7 Å². The van der Waals surface area contributed by atoms with Crippen LogP contribution < -0.4 is 5.32 Å². The highest BCUT2D eigenvalue weighted by Crippen LogP contribution is 2.06. The molecule has 2 atom stereocenters. The van der Waals surface area contributed by atoms with Crippen molar-refractivity contribution in [2.24, 2.45) is 0 Å². The number of rotatable bonds is 4. The van der Waals surface area contributed by atoms with Gasteiger partial charge in [-0.3, -0.25) is 0 Å². The minimum atomic E-state index is -2.65. The molecule has 5 heteroatoms. The number of aliphatic hydroxyl groups excluding tert-OH is 1. The van der Waals surface area contributed by atoms with Gasteiger partial charge in [-0.05, 0) is 20.0 Å². The topological polar surface area (TPSA) is 35.5 Å². The van der Waals surface area contributed by atoms with Crippen LogP contribution in [0, 0.1) is 0 Å². The van der Waals surface area contributed by atoms with Crippen molar-refractivity contribution in [1.82, 2.24) is 10.2 Å². The second-order valence-electron chi connectivity index (χ2n) is 3.56. The first-order valence-electron chi connectivity index (χ1n) is 4.47. The Morgan fingerprint density at radius 1 is 1.62 bits per heavy atom. The smallest absolute Gasteiger partial charge is 0.265 e. The maximum Gasteiger partial charge on any atom is 0.265 e. The zero-order valence-electron chi connectivity index (χ0n) is 7.71. The van der Waals surface area contributed by atoms with Crippen LogP contribution in [0.25, 0.3) is 0 Å². The number of nitrogens with one attached hydrogen (secondary N) is 1. The first kappa shape index (κ1) is 10.8. The zero-order chi connectivity index (χ0) is 9.84. The average Bonchev–Trinajstić information content (AvgIpc) is 2.47. The van der Waals surface area contributed by atoms with E-state index in [-0.39, 0.29) is 12.6 Å². The van der Waals surface area contributed by atoms with E-state index in [1.165, 1.54) is 0 Å². The second kappa shape index (κ2) is 4.83. The summed E-state index contributed by atoms with van der Waals surface area (Å²) in [6, 6.07) is 0.249. The quantitative estimate of drug-likeness (QED) is 0.656. The lowest BCUT2D eigenvalue weighted by molar-refractivity contribution is -0.00443. The molecular weight excluding hydrogens is 178 g/mol. The monoisotopic (exact) mass is 194 g/mol. The molecule has 2 unspecified atom stereocenters.